The number of hydrogen-bond acceptors (Lipinski definition) is 4. The van der Waals surface area contributed by atoms with E-state index in [1.54, 1.807) is 12.1 Å². The van der Waals surface area contributed by atoms with E-state index in [9.17, 15) is 9.59 Å². The van der Waals surface area contributed by atoms with Crippen molar-refractivity contribution < 1.29 is 9.59 Å². The molecular weight excluding hydrogens is 298 g/mol. The van der Waals surface area contributed by atoms with Crippen molar-refractivity contribution in [2.24, 2.45) is 0 Å². The molecular formula is C16H15N3O2S. The molecule has 0 aliphatic rings. The second-order valence-electron chi connectivity index (χ2n) is 4.57. The molecule has 1 heterocycles. The number of carbonyl (C=O) groups is 2. The molecule has 0 fully saturated rings. The molecule has 0 unspecified atom stereocenters. The Bertz CT molecular complexity index is 690. The van der Waals surface area contributed by atoms with Gasteiger partial charge in [0.25, 0.3) is 0 Å². The molecule has 0 radical (unpaired) electrons. The van der Waals surface area contributed by atoms with Crippen molar-refractivity contribution in [2.75, 3.05) is 5.32 Å². The summed E-state index contributed by atoms with van der Waals surface area (Å²) in [7, 11) is 0. The highest BCUT2D eigenvalue weighted by atomic mass is 32.1. The summed E-state index contributed by atoms with van der Waals surface area (Å²) < 4.78 is 0. The molecule has 0 spiro atoms. The van der Waals surface area contributed by atoms with Gasteiger partial charge in [-0.05, 0) is 23.1 Å². The fourth-order valence-corrected chi connectivity index (χ4v) is 2.59. The predicted molar refractivity (Wildman–Crippen MR) is 85.2 cm³/mol. The average molecular weight is 313 g/mol. The number of anilines is 1. The van der Waals surface area contributed by atoms with E-state index in [0.29, 0.717) is 12.1 Å². The number of hydrogen-bond donors (Lipinski definition) is 2. The summed E-state index contributed by atoms with van der Waals surface area (Å²) in [5.41, 5.74) is 1.47. The number of amides is 2. The minimum Gasteiger partial charge on any atom is -0.351 e. The second kappa shape index (κ2) is 7.96. The van der Waals surface area contributed by atoms with E-state index in [2.05, 4.69) is 10.6 Å². The van der Waals surface area contributed by atoms with Gasteiger partial charge in [-0.1, -0.05) is 24.3 Å². The first-order valence-corrected chi connectivity index (χ1v) is 7.61. The van der Waals surface area contributed by atoms with Crippen LogP contribution in [-0.2, 0) is 22.6 Å². The van der Waals surface area contributed by atoms with Gasteiger partial charge >= 0.3 is 0 Å². The van der Waals surface area contributed by atoms with Crippen LogP contribution in [0.4, 0.5) is 5.69 Å². The van der Waals surface area contributed by atoms with E-state index in [1.165, 1.54) is 11.3 Å². The minimum atomic E-state index is -0.331. The maximum Gasteiger partial charge on any atom is 0.234 e. The maximum atomic E-state index is 12.0. The zero-order chi connectivity index (χ0) is 15.8. The third-order valence-corrected chi connectivity index (χ3v) is 3.80. The number of carbonyl (C=O) groups excluding carboxylic acids is 2. The largest absolute Gasteiger partial charge is 0.351 e. The molecule has 0 aliphatic carbocycles. The molecule has 2 N–H and O–H groups in total. The van der Waals surface area contributed by atoms with Crippen molar-refractivity contribution >= 4 is 28.8 Å². The quantitative estimate of drug-likeness (QED) is 0.859. The molecule has 0 aliphatic heterocycles. The summed E-state index contributed by atoms with van der Waals surface area (Å²) in [6.45, 7) is 0.274. The zero-order valence-corrected chi connectivity index (χ0v) is 12.7. The van der Waals surface area contributed by atoms with Crippen LogP contribution in [0.2, 0.25) is 0 Å². The molecule has 0 saturated heterocycles. The first-order valence-electron chi connectivity index (χ1n) is 6.73. The lowest BCUT2D eigenvalue weighted by molar-refractivity contribution is -0.120. The lowest BCUT2D eigenvalue weighted by Crippen LogP contribution is -2.23. The first kappa shape index (κ1) is 15.7. The Labute approximate surface area is 132 Å². The van der Waals surface area contributed by atoms with Gasteiger partial charge in [0.05, 0.1) is 12.5 Å². The van der Waals surface area contributed by atoms with Crippen LogP contribution in [0.5, 0.6) is 0 Å². The fraction of sp³-hybridized carbons (Fsp3) is 0.188. The number of nitrogens with one attached hydrogen (secondary N) is 2. The first-order chi connectivity index (χ1) is 10.7. The van der Waals surface area contributed by atoms with Gasteiger partial charge in [-0.2, -0.15) is 5.26 Å². The van der Waals surface area contributed by atoms with Crippen molar-refractivity contribution in [3.8, 4) is 6.07 Å². The van der Waals surface area contributed by atoms with Gasteiger partial charge in [0, 0.05) is 17.1 Å². The van der Waals surface area contributed by atoms with Gasteiger partial charge in [-0.25, -0.2) is 0 Å². The molecule has 5 nitrogen and oxygen atoms in total. The van der Waals surface area contributed by atoms with Gasteiger partial charge in [-0.3, -0.25) is 9.59 Å². The summed E-state index contributed by atoms with van der Waals surface area (Å²) in [5, 5.41) is 15.9. The fourth-order valence-electron chi connectivity index (χ4n) is 1.89. The third kappa shape index (κ3) is 4.72. The maximum absolute atomic E-state index is 12.0. The summed E-state index contributed by atoms with van der Waals surface area (Å²) in [4.78, 5) is 24.4. The van der Waals surface area contributed by atoms with Gasteiger partial charge in [-0.15, -0.1) is 11.3 Å². The standard InChI is InChI=1S/C16H15N3O2S/c17-8-7-15(20)18-11-12-4-1-2-6-14(12)19-16(21)10-13-5-3-9-22-13/h1-6,9H,7,10-11H2,(H,18,20)(H,19,21). The lowest BCUT2D eigenvalue weighted by atomic mass is 10.1. The van der Waals surface area contributed by atoms with E-state index in [1.807, 2.05) is 35.7 Å². The SMILES string of the molecule is N#CCC(=O)NCc1ccccc1NC(=O)Cc1cccs1. The van der Waals surface area contributed by atoms with Crippen molar-refractivity contribution in [3.63, 3.8) is 0 Å². The average Bonchev–Trinajstić information content (AvgIpc) is 2.99. The Morgan fingerprint density at radius 3 is 2.68 bits per heavy atom. The predicted octanol–water partition coefficient (Wildman–Crippen LogP) is 2.46. The molecule has 0 atom stereocenters. The molecule has 112 valence electrons. The highest BCUT2D eigenvalue weighted by Crippen LogP contribution is 2.16. The molecule has 0 saturated carbocycles. The Morgan fingerprint density at radius 1 is 1.14 bits per heavy atom. The van der Waals surface area contributed by atoms with Crippen LogP contribution in [0.3, 0.4) is 0 Å². The van der Waals surface area contributed by atoms with Crippen LogP contribution in [0, 0.1) is 11.3 Å². The van der Waals surface area contributed by atoms with Gasteiger partial charge in [0.2, 0.25) is 11.8 Å². The topological polar surface area (TPSA) is 82.0 Å². The summed E-state index contributed by atoms with van der Waals surface area (Å²) in [5.74, 6) is -0.430. The van der Waals surface area contributed by atoms with Gasteiger partial charge in [0.1, 0.15) is 6.42 Å². The van der Waals surface area contributed by atoms with Crippen LogP contribution >= 0.6 is 11.3 Å². The van der Waals surface area contributed by atoms with E-state index in [-0.39, 0.29) is 24.8 Å². The van der Waals surface area contributed by atoms with Crippen LogP contribution in [-0.4, -0.2) is 11.8 Å². The summed E-state index contributed by atoms with van der Waals surface area (Å²) in [6.07, 6.45) is 0.152. The number of thiophene rings is 1. The highest BCUT2D eigenvalue weighted by Gasteiger charge is 2.09. The van der Waals surface area contributed by atoms with Crippen LogP contribution in [0.25, 0.3) is 0 Å². The Hall–Kier alpha value is -2.65. The van der Waals surface area contributed by atoms with Crippen molar-refractivity contribution in [2.45, 2.75) is 19.4 Å². The van der Waals surface area contributed by atoms with E-state index < -0.39 is 0 Å². The summed E-state index contributed by atoms with van der Waals surface area (Å²) >= 11 is 1.54. The molecule has 6 heteroatoms. The Balaban J connectivity index is 1.97. The van der Waals surface area contributed by atoms with E-state index in [0.717, 1.165) is 10.4 Å². The Kier molecular flexibility index (Phi) is 5.69. The van der Waals surface area contributed by atoms with Crippen molar-refractivity contribution in [3.05, 3.63) is 52.2 Å². The van der Waals surface area contributed by atoms with Gasteiger partial charge in [0.15, 0.2) is 0 Å². The lowest BCUT2D eigenvalue weighted by Gasteiger charge is -2.11. The monoisotopic (exact) mass is 313 g/mol. The zero-order valence-electron chi connectivity index (χ0n) is 11.8. The summed E-state index contributed by atoms with van der Waals surface area (Å²) in [6, 6.07) is 12.9. The molecule has 1 aromatic carbocycles. The number of para-hydroxylation sites is 1. The van der Waals surface area contributed by atoms with Crippen molar-refractivity contribution in [1.29, 1.82) is 5.26 Å². The van der Waals surface area contributed by atoms with E-state index in [4.69, 9.17) is 5.26 Å². The van der Waals surface area contributed by atoms with Crippen LogP contribution < -0.4 is 10.6 Å². The smallest absolute Gasteiger partial charge is 0.234 e. The minimum absolute atomic E-state index is 0.0988. The van der Waals surface area contributed by atoms with Gasteiger partial charge < -0.3 is 10.6 Å². The molecule has 2 amide bonds. The number of nitriles is 1. The number of nitrogens with zero attached hydrogens (tertiary/aromatic N) is 1. The molecule has 22 heavy (non-hydrogen) atoms. The number of benzene rings is 1. The molecule has 2 rings (SSSR count). The Morgan fingerprint density at radius 2 is 1.95 bits per heavy atom. The van der Waals surface area contributed by atoms with Crippen molar-refractivity contribution in [1.82, 2.24) is 5.32 Å². The number of rotatable bonds is 6. The second-order valence-corrected chi connectivity index (χ2v) is 5.61. The molecule has 2 aromatic rings. The van der Waals surface area contributed by atoms with Crippen LogP contribution in [0.15, 0.2) is 41.8 Å². The third-order valence-electron chi connectivity index (χ3n) is 2.92. The highest BCUT2D eigenvalue weighted by molar-refractivity contribution is 7.10. The van der Waals surface area contributed by atoms with E-state index >= 15 is 0 Å². The van der Waals surface area contributed by atoms with Crippen LogP contribution in [0.1, 0.15) is 16.9 Å². The molecule has 1 aromatic heterocycles. The normalized spacial score (nSPS) is 9.77. The molecule has 0 bridgehead atoms.